The smallest absolute Gasteiger partial charge is 0.262 e. The number of carbonyl (C=O) groups excluding carboxylic acids is 1. The molecule has 3 rings (SSSR count). The lowest BCUT2D eigenvalue weighted by atomic mass is 10.1. The van der Waals surface area contributed by atoms with E-state index in [2.05, 4.69) is 11.9 Å². The molecule has 1 aliphatic heterocycles. The minimum absolute atomic E-state index is 0.106. The summed E-state index contributed by atoms with van der Waals surface area (Å²) >= 11 is 0. The van der Waals surface area contributed by atoms with Crippen LogP contribution in [0, 0.1) is 0 Å². The Kier molecular flexibility index (Phi) is 6.20. The Morgan fingerprint density at radius 2 is 2.00 bits per heavy atom. The van der Waals surface area contributed by atoms with E-state index in [1.165, 1.54) is 0 Å². The van der Waals surface area contributed by atoms with Crippen molar-refractivity contribution in [2.45, 2.75) is 12.8 Å². The molecule has 1 amide bonds. The summed E-state index contributed by atoms with van der Waals surface area (Å²) in [5, 5.41) is 2.81. The third-order valence-electron chi connectivity index (χ3n) is 4.02. The Morgan fingerprint density at radius 3 is 2.78 bits per heavy atom. The van der Waals surface area contributed by atoms with E-state index in [1.54, 1.807) is 43.5 Å². The highest BCUT2D eigenvalue weighted by atomic mass is 16.5. The van der Waals surface area contributed by atoms with Gasteiger partial charge in [0.1, 0.15) is 11.5 Å². The molecule has 2 aromatic carbocycles. The Labute approximate surface area is 158 Å². The van der Waals surface area contributed by atoms with Crippen LogP contribution in [0.1, 0.15) is 12.0 Å². The van der Waals surface area contributed by atoms with Crippen molar-refractivity contribution in [2.24, 2.45) is 0 Å². The van der Waals surface area contributed by atoms with E-state index in [4.69, 9.17) is 18.9 Å². The number of benzene rings is 2. The number of carbonyl (C=O) groups is 1. The summed E-state index contributed by atoms with van der Waals surface area (Å²) in [4.78, 5) is 12.3. The first kappa shape index (κ1) is 18.6. The topological polar surface area (TPSA) is 66.0 Å². The monoisotopic (exact) mass is 369 g/mol. The quantitative estimate of drug-likeness (QED) is 0.756. The maximum Gasteiger partial charge on any atom is 0.262 e. The maximum absolute atomic E-state index is 12.3. The van der Waals surface area contributed by atoms with Crippen LogP contribution >= 0.6 is 0 Å². The van der Waals surface area contributed by atoms with Crippen molar-refractivity contribution in [3.8, 4) is 23.0 Å². The van der Waals surface area contributed by atoms with E-state index in [0.717, 1.165) is 17.7 Å². The Morgan fingerprint density at radius 1 is 1.19 bits per heavy atom. The van der Waals surface area contributed by atoms with Gasteiger partial charge in [0.05, 0.1) is 20.3 Å². The molecule has 0 unspecified atom stereocenters. The highest BCUT2D eigenvalue weighted by Gasteiger charge is 2.13. The largest absolute Gasteiger partial charge is 0.497 e. The van der Waals surface area contributed by atoms with Crippen LogP contribution in [-0.4, -0.2) is 32.8 Å². The molecule has 0 fully saturated rings. The van der Waals surface area contributed by atoms with Crippen molar-refractivity contribution in [1.29, 1.82) is 0 Å². The number of hydrogen-bond donors (Lipinski definition) is 1. The summed E-state index contributed by atoms with van der Waals surface area (Å²) in [5.74, 6) is 2.42. The first-order valence-electron chi connectivity index (χ1n) is 8.79. The van der Waals surface area contributed by atoms with Crippen molar-refractivity contribution >= 4 is 11.6 Å². The molecule has 2 aromatic rings. The number of methoxy groups -OCH3 is 1. The number of nitrogens with one attached hydrogen (secondary N) is 1. The van der Waals surface area contributed by atoms with Gasteiger partial charge < -0.3 is 24.3 Å². The molecule has 1 aliphatic rings. The van der Waals surface area contributed by atoms with Crippen molar-refractivity contribution in [1.82, 2.24) is 0 Å². The normalized spacial score (nSPS) is 12.6. The van der Waals surface area contributed by atoms with Crippen molar-refractivity contribution < 1.29 is 23.7 Å². The summed E-state index contributed by atoms with van der Waals surface area (Å²) < 4.78 is 22.1. The van der Waals surface area contributed by atoms with Gasteiger partial charge >= 0.3 is 0 Å². The van der Waals surface area contributed by atoms with Crippen LogP contribution in [0.4, 0.5) is 5.69 Å². The van der Waals surface area contributed by atoms with E-state index in [9.17, 15) is 4.79 Å². The molecule has 1 heterocycles. The summed E-state index contributed by atoms with van der Waals surface area (Å²) in [6.45, 7) is 4.86. The molecule has 1 N–H and O–H groups in total. The van der Waals surface area contributed by atoms with Crippen LogP contribution in [0.2, 0.25) is 0 Å². The lowest BCUT2D eigenvalue weighted by Gasteiger charge is -2.13. The molecular weight excluding hydrogens is 346 g/mol. The molecule has 142 valence electrons. The van der Waals surface area contributed by atoms with E-state index < -0.39 is 0 Å². The fourth-order valence-electron chi connectivity index (χ4n) is 2.72. The fraction of sp³-hybridized carbons (Fsp3) is 0.286. The molecule has 6 nitrogen and oxygen atoms in total. The third-order valence-corrected chi connectivity index (χ3v) is 4.02. The van der Waals surface area contributed by atoms with Gasteiger partial charge in [0.15, 0.2) is 18.1 Å². The maximum atomic E-state index is 12.3. The van der Waals surface area contributed by atoms with E-state index >= 15 is 0 Å². The summed E-state index contributed by atoms with van der Waals surface area (Å²) in [5.41, 5.74) is 1.54. The second kappa shape index (κ2) is 8.98. The number of amides is 1. The van der Waals surface area contributed by atoms with E-state index in [0.29, 0.717) is 42.6 Å². The highest BCUT2D eigenvalue weighted by Crippen LogP contribution is 2.32. The molecule has 0 saturated heterocycles. The Bertz CT molecular complexity index is 818. The van der Waals surface area contributed by atoms with Crippen LogP contribution in [0.15, 0.2) is 49.1 Å². The second-order valence-electron chi connectivity index (χ2n) is 6.02. The van der Waals surface area contributed by atoms with Crippen LogP contribution in [0.3, 0.4) is 0 Å². The summed E-state index contributed by atoms with van der Waals surface area (Å²) in [7, 11) is 1.61. The van der Waals surface area contributed by atoms with Gasteiger partial charge in [-0.2, -0.15) is 0 Å². The van der Waals surface area contributed by atoms with E-state index in [-0.39, 0.29) is 12.5 Å². The van der Waals surface area contributed by atoms with Crippen molar-refractivity contribution in [3.63, 3.8) is 0 Å². The number of rotatable bonds is 7. The average molecular weight is 369 g/mol. The third kappa shape index (κ3) is 4.94. The predicted octanol–water partition coefficient (Wildman–Crippen LogP) is 3.60. The van der Waals surface area contributed by atoms with Gasteiger partial charge in [-0.3, -0.25) is 4.79 Å². The van der Waals surface area contributed by atoms with E-state index in [1.807, 2.05) is 6.07 Å². The molecule has 0 aliphatic carbocycles. The molecule has 0 spiro atoms. The molecule has 0 saturated carbocycles. The Hall–Kier alpha value is -3.15. The number of ether oxygens (including phenoxy) is 4. The first-order chi connectivity index (χ1) is 13.2. The zero-order valence-corrected chi connectivity index (χ0v) is 15.3. The first-order valence-corrected chi connectivity index (χ1v) is 8.79. The molecular formula is C21H23NO5. The van der Waals surface area contributed by atoms with Crippen LogP contribution in [0.25, 0.3) is 0 Å². The zero-order valence-electron chi connectivity index (χ0n) is 15.3. The molecule has 0 aromatic heterocycles. The number of fused-ring (bicyclic) bond motifs is 1. The van der Waals surface area contributed by atoms with Crippen LogP contribution < -0.4 is 24.3 Å². The van der Waals surface area contributed by atoms with Crippen molar-refractivity contribution in [3.05, 3.63) is 54.6 Å². The minimum atomic E-state index is -0.259. The molecule has 0 atom stereocenters. The predicted molar refractivity (Wildman–Crippen MR) is 103 cm³/mol. The lowest BCUT2D eigenvalue weighted by molar-refractivity contribution is -0.118. The van der Waals surface area contributed by atoms with Gasteiger partial charge in [-0.05, 0) is 36.8 Å². The summed E-state index contributed by atoms with van der Waals surface area (Å²) in [6.07, 6.45) is 3.23. The Balaban J connectivity index is 1.61. The standard InChI is InChI=1S/C21H23NO5/c1-3-5-15-12-17(24-2)7-9-18(15)27-14-21(23)22-16-6-8-19-20(13-16)26-11-4-10-25-19/h3,6-9,12-13H,1,4-5,10-11,14H2,2H3,(H,22,23). The number of anilines is 1. The van der Waals surface area contributed by atoms with Gasteiger partial charge in [-0.1, -0.05) is 6.08 Å². The number of allylic oxidation sites excluding steroid dienone is 1. The molecule has 6 heteroatoms. The van der Waals surface area contributed by atoms with Gasteiger partial charge in [-0.25, -0.2) is 0 Å². The highest BCUT2D eigenvalue weighted by molar-refractivity contribution is 5.92. The molecule has 27 heavy (non-hydrogen) atoms. The molecule has 0 radical (unpaired) electrons. The summed E-state index contributed by atoms with van der Waals surface area (Å²) in [6, 6.07) is 10.8. The minimum Gasteiger partial charge on any atom is -0.497 e. The van der Waals surface area contributed by atoms with Gasteiger partial charge in [0, 0.05) is 23.7 Å². The van der Waals surface area contributed by atoms with Crippen molar-refractivity contribution in [2.75, 3.05) is 32.2 Å². The zero-order chi connectivity index (χ0) is 19.1. The van der Waals surface area contributed by atoms with Crippen LogP contribution in [-0.2, 0) is 11.2 Å². The van der Waals surface area contributed by atoms with Gasteiger partial charge in [-0.15, -0.1) is 6.58 Å². The fourth-order valence-corrected chi connectivity index (χ4v) is 2.72. The SMILES string of the molecule is C=CCc1cc(OC)ccc1OCC(=O)Nc1ccc2c(c1)OCCCO2. The van der Waals surface area contributed by atoms with Gasteiger partial charge in [0.25, 0.3) is 5.91 Å². The van der Waals surface area contributed by atoms with Crippen LogP contribution in [0.5, 0.6) is 23.0 Å². The molecule has 0 bridgehead atoms. The van der Waals surface area contributed by atoms with Gasteiger partial charge in [0.2, 0.25) is 0 Å². The average Bonchev–Trinajstić information content (AvgIpc) is 2.92. The second-order valence-corrected chi connectivity index (χ2v) is 6.02. The number of hydrogen-bond acceptors (Lipinski definition) is 5. The lowest BCUT2D eigenvalue weighted by Crippen LogP contribution is -2.20.